The van der Waals surface area contributed by atoms with Gasteiger partial charge < -0.3 is 16.2 Å². The van der Waals surface area contributed by atoms with Gasteiger partial charge in [0.1, 0.15) is 6.54 Å². The Morgan fingerprint density at radius 1 is 1.29 bits per heavy atom. The number of nitrogens with zero attached hydrogens (tertiary/aromatic N) is 1. The predicted molar refractivity (Wildman–Crippen MR) is 78.0 cm³/mol. The number of hydrogen-bond acceptors (Lipinski definition) is 3. The Balaban J connectivity index is 2.86. The summed E-state index contributed by atoms with van der Waals surface area (Å²) in [5.41, 5.74) is 6.52. The number of benzene rings is 1. The van der Waals surface area contributed by atoms with Crippen LogP contribution in [0.15, 0.2) is 24.3 Å². The lowest BCUT2D eigenvalue weighted by molar-refractivity contribution is -0.135. The third kappa shape index (κ3) is 5.52. The molecule has 0 aromatic heterocycles. The number of aliphatic carboxylic acids is 1. The zero-order valence-corrected chi connectivity index (χ0v) is 12.0. The molecule has 0 aliphatic carbocycles. The van der Waals surface area contributed by atoms with E-state index in [-0.39, 0.29) is 6.42 Å². The number of carbonyl (C=O) groups is 3. The van der Waals surface area contributed by atoms with Crippen molar-refractivity contribution in [3.63, 3.8) is 0 Å². The van der Waals surface area contributed by atoms with E-state index in [0.29, 0.717) is 5.69 Å². The van der Waals surface area contributed by atoms with E-state index in [0.717, 1.165) is 10.5 Å². The van der Waals surface area contributed by atoms with Gasteiger partial charge in [0.2, 0.25) is 5.91 Å². The largest absolute Gasteiger partial charge is 0.480 e. The van der Waals surface area contributed by atoms with E-state index in [1.165, 1.54) is 0 Å². The Morgan fingerprint density at radius 3 is 2.33 bits per heavy atom. The van der Waals surface area contributed by atoms with Crippen molar-refractivity contribution in [2.75, 3.05) is 11.4 Å². The summed E-state index contributed by atoms with van der Waals surface area (Å²) in [7, 11) is 0. The molecule has 114 valence electrons. The molecule has 0 spiro atoms. The van der Waals surface area contributed by atoms with Crippen LogP contribution >= 0.6 is 0 Å². The van der Waals surface area contributed by atoms with Gasteiger partial charge in [0.15, 0.2) is 0 Å². The molecule has 0 bridgehead atoms. The summed E-state index contributed by atoms with van der Waals surface area (Å²) in [5.74, 6) is -1.67. The van der Waals surface area contributed by atoms with Crippen molar-refractivity contribution in [1.29, 1.82) is 0 Å². The molecule has 0 radical (unpaired) electrons. The highest BCUT2D eigenvalue weighted by molar-refractivity contribution is 5.96. The molecule has 0 fully saturated rings. The first-order valence-corrected chi connectivity index (χ1v) is 6.44. The smallest absolute Gasteiger partial charge is 0.323 e. The Bertz CT molecular complexity index is 528. The molecule has 1 aromatic carbocycles. The average Bonchev–Trinajstić information content (AvgIpc) is 2.35. The van der Waals surface area contributed by atoms with Gasteiger partial charge >= 0.3 is 12.0 Å². The number of carboxylic acids is 1. The molecule has 0 aliphatic rings. The minimum absolute atomic E-state index is 0.0133. The van der Waals surface area contributed by atoms with Crippen LogP contribution in [0.5, 0.6) is 0 Å². The zero-order chi connectivity index (χ0) is 16.0. The number of nitrogens with two attached hydrogens (primary N) is 1. The number of urea groups is 1. The molecule has 0 saturated carbocycles. The summed E-state index contributed by atoms with van der Waals surface area (Å²) >= 11 is 0. The number of carboxylic acid groups (broad SMARTS) is 1. The molecule has 0 aliphatic heterocycles. The summed E-state index contributed by atoms with van der Waals surface area (Å²) in [4.78, 5) is 35.0. The van der Waals surface area contributed by atoms with Crippen LogP contribution in [-0.2, 0) is 9.59 Å². The van der Waals surface area contributed by atoms with Crippen LogP contribution in [0.4, 0.5) is 10.5 Å². The van der Waals surface area contributed by atoms with E-state index in [9.17, 15) is 14.4 Å². The maximum Gasteiger partial charge on any atom is 0.323 e. The predicted octanol–water partition coefficient (Wildman–Crippen LogP) is 0.860. The molecule has 0 heterocycles. The Hall–Kier alpha value is -2.57. The number of aryl methyl sites for hydroxylation is 1. The van der Waals surface area contributed by atoms with E-state index in [2.05, 4.69) is 5.32 Å². The molecular formula is C14H19N3O4. The van der Waals surface area contributed by atoms with Gasteiger partial charge in [-0.15, -0.1) is 0 Å². The SMILES string of the molecule is Cc1ccc(N(CC(=O)O)C(=O)NC(C)CC(N)=O)cc1. The third-order valence-electron chi connectivity index (χ3n) is 2.76. The van der Waals surface area contributed by atoms with E-state index < -0.39 is 30.5 Å². The topological polar surface area (TPSA) is 113 Å². The van der Waals surface area contributed by atoms with Crippen LogP contribution in [0.3, 0.4) is 0 Å². The average molecular weight is 293 g/mol. The molecule has 0 saturated heterocycles. The second-order valence-corrected chi connectivity index (χ2v) is 4.84. The third-order valence-corrected chi connectivity index (χ3v) is 2.76. The van der Waals surface area contributed by atoms with Crippen LogP contribution in [0, 0.1) is 6.92 Å². The van der Waals surface area contributed by atoms with Crippen molar-refractivity contribution in [2.24, 2.45) is 5.73 Å². The van der Waals surface area contributed by atoms with Crippen molar-refractivity contribution in [3.05, 3.63) is 29.8 Å². The normalized spacial score (nSPS) is 11.5. The highest BCUT2D eigenvalue weighted by Crippen LogP contribution is 2.15. The van der Waals surface area contributed by atoms with Gasteiger partial charge in [0, 0.05) is 18.2 Å². The quantitative estimate of drug-likeness (QED) is 0.722. The highest BCUT2D eigenvalue weighted by Gasteiger charge is 2.20. The van der Waals surface area contributed by atoms with E-state index in [1.54, 1.807) is 31.2 Å². The van der Waals surface area contributed by atoms with E-state index >= 15 is 0 Å². The summed E-state index contributed by atoms with van der Waals surface area (Å²) < 4.78 is 0. The second kappa shape index (κ2) is 7.28. The Kier molecular flexibility index (Phi) is 5.71. The van der Waals surface area contributed by atoms with Gasteiger partial charge in [-0.25, -0.2) is 4.79 Å². The fourth-order valence-corrected chi connectivity index (χ4v) is 1.78. The first kappa shape index (κ1) is 16.5. The zero-order valence-electron chi connectivity index (χ0n) is 12.0. The Labute approximate surface area is 122 Å². The number of nitrogens with one attached hydrogen (secondary N) is 1. The minimum atomic E-state index is -1.13. The van der Waals surface area contributed by atoms with Gasteiger partial charge in [-0.2, -0.15) is 0 Å². The van der Waals surface area contributed by atoms with Crippen LogP contribution < -0.4 is 16.0 Å². The van der Waals surface area contributed by atoms with Crippen LogP contribution in [0.2, 0.25) is 0 Å². The molecule has 1 unspecified atom stereocenters. The first-order valence-electron chi connectivity index (χ1n) is 6.44. The number of rotatable bonds is 6. The highest BCUT2D eigenvalue weighted by atomic mass is 16.4. The molecule has 1 atom stereocenters. The molecule has 7 nitrogen and oxygen atoms in total. The first-order chi connectivity index (χ1) is 9.79. The lowest BCUT2D eigenvalue weighted by Gasteiger charge is -2.23. The van der Waals surface area contributed by atoms with Gasteiger partial charge in [-0.3, -0.25) is 14.5 Å². The molecule has 7 heteroatoms. The molecule has 21 heavy (non-hydrogen) atoms. The van der Waals surface area contributed by atoms with Crippen LogP contribution in [0.25, 0.3) is 0 Å². The fourth-order valence-electron chi connectivity index (χ4n) is 1.78. The lowest BCUT2D eigenvalue weighted by atomic mass is 10.2. The molecule has 1 rings (SSSR count). The van der Waals surface area contributed by atoms with E-state index in [4.69, 9.17) is 10.8 Å². The number of amides is 3. The summed E-state index contributed by atoms with van der Waals surface area (Å²) in [6.45, 7) is 3.04. The summed E-state index contributed by atoms with van der Waals surface area (Å²) in [5, 5.41) is 11.5. The van der Waals surface area contributed by atoms with Crippen molar-refractivity contribution < 1.29 is 19.5 Å². The second-order valence-electron chi connectivity index (χ2n) is 4.84. The maximum atomic E-state index is 12.2. The van der Waals surface area contributed by atoms with Gasteiger partial charge in [0.25, 0.3) is 0 Å². The number of primary amides is 1. The minimum Gasteiger partial charge on any atom is -0.480 e. The van der Waals surface area contributed by atoms with Crippen LogP contribution in [0.1, 0.15) is 18.9 Å². The van der Waals surface area contributed by atoms with Crippen molar-refractivity contribution >= 4 is 23.6 Å². The van der Waals surface area contributed by atoms with Crippen LogP contribution in [-0.4, -0.2) is 35.6 Å². The van der Waals surface area contributed by atoms with Gasteiger partial charge in [-0.05, 0) is 26.0 Å². The Morgan fingerprint density at radius 2 is 1.86 bits per heavy atom. The summed E-state index contributed by atoms with van der Waals surface area (Å²) in [6, 6.07) is 5.83. The maximum absolute atomic E-state index is 12.2. The molecular weight excluding hydrogens is 274 g/mol. The monoisotopic (exact) mass is 293 g/mol. The number of carbonyl (C=O) groups excluding carboxylic acids is 2. The van der Waals surface area contributed by atoms with Gasteiger partial charge in [-0.1, -0.05) is 17.7 Å². The number of hydrogen-bond donors (Lipinski definition) is 3. The molecule has 3 amide bonds. The molecule has 4 N–H and O–H groups in total. The fraction of sp³-hybridized carbons (Fsp3) is 0.357. The van der Waals surface area contributed by atoms with Crippen molar-refractivity contribution in [1.82, 2.24) is 5.32 Å². The van der Waals surface area contributed by atoms with E-state index in [1.807, 2.05) is 6.92 Å². The van der Waals surface area contributed by atoms with Crippen molar-refractivity contribution in [2.45, 2.75) is 26.3 Å². The number of anilines is 1. The standard InChI is InChI=1S/C14H19N3O4/c1-9-3-5-11(6-4-9)17(8-13(19)20)14(21)16-10(2)7-12(15)18/h3-6,10H,7-8H2,1-2H3,(H2,15,18)(H,16,21)(H,19,20). The van der Waals surface area contributed by atoms with Crippen molar-refractivity contribution in [3.8, 4) is 0 Å². The van der Waals surface area contributed by atoms with Gasteiger partial charge in [0.05, 0.1) is 0 Å². The lowest BCUT2D eigenvalue weighted by Crippen LogP contribution is -2.47. The summed E-state index contributed by atoms with van der Waals surface area (Å²) in [6.07, 6.45) is -0.0133. The molecule has 1 aromatic rings.